The highest BCUT2D eigenvalue weighted by atomic mass is 16.7. The van der Waals surface area contributed by atoms with Gasteiger partial charge in [-0.2, -0.15) is 0 Å². The third-order valence-electron chi connectivity index (χ3n) is 4.16. The van der Waals surface area contributed by atoms with Crippen molar-refractivity contribution in [2.75, 3.05) is 13.9 Å². The number of ether oxygens (including phenoxy) is 2. The van der Waals surface area contributed by atoms with E-state index < -0.39 is 0 Å². The molecule has 0 aliphatic rings. The van der Waals surface area contributed by atoms with Crippen LogP contribution in [0.4, 0.5) is 0 Å². The number of pyridine rings is 1. The van der Waals surface area contributed by atoms with Crippen molar-refractivity contribution in [1.29, 1.82) is 0 Å². The molecule has 2 aromatic heterocycles. The lowest BCUT2D eigenvalue weighted by Crippen LogP contribution is -2.09. The van der Waals surface area contributed by atoms with E-state index in [1.54, 1.807) is 13.3 Å². The van der Waals surface area contributed by atoms with Crippen molar-refractivity contribution < 1.29 is 9.47 Å². The molecule has 1 atom stereocenters. The van der Waals surface area contributed by atoms with Gasteiger partial charge in [-0.05, 0) is 23.6 Å². The van der Waals surface area contributed by atoms with Crippen molar-refractivity contribution in [3.63, 3.8) is 0 Å². The SMILES string of the molecule is CCC(c1ccc(-c2ccc(COCOC)cc2)cn1)n1ccnc1. The smallest absolute Gasteiger partial charge is 0.146 e. The Morgan fingerprint density at radius 1 is 1.08 bits per heavy atom. The van der Waals surface area contributed by atoms with Gasteiger partial charge in [-0.15, -0.1) is 0 Å². The molecule has 5 heteroatoms. The van der Waals surface area contributed by atoms with Crippen molar-refractivity contribution in [3.05, 3.63) is 72.6 Å². The van der Waals surface area contributed by atoms with Gasteiger partial charge in [0.2, 0.25) is 0 Å². The summed E-state index contributed by atoms with van der Waals surface area (Å²) in [7, 11) is 1.62. The Labute approximate surface area is 148 Å². The van der Waals surface area contributed by atoms with Gasteiger partial charge in [0, 0.05) is 31.3 Å². The molecule has 3 aromatic rings. The predicted molar refractivity (Wildman–Crippen MR) is 97.0 cm³/mol. The zero-order valence-corrected chi connectivity index (χ0v) is 14.6. The van der Waals surface area contributed by atoms with Crippen LogP contribution in [-0.2, 0) is 16.1 Å². The summed E-state index contributed by atoms with van der Waals surface area (Å²) < 4.78 is 12.3. The molecule has 0 fully saturated rings. The summed E-state index contributed by atoms with van der Waals surface area (Å²) in [6, 6.07) is 12.8. The number of methoxy groups -OCH3 is 1. The van der Waals surface area contributed by atoms with Gasteiger partial charge in [-0.25, -0.2) is 4.98 Å². The van der Waals surface area contributed by atoms with Gasteiger partial charge >= 0.3 is 0 Å². The van der Waals surface area contributed by atoms with E-state index in [1.165, 1.54) is 0 Å². The van der Waals surface area contributed by atoms with Crippen molar-refractivity contribution in [2.24, 2.45) is 0 Å². The van der Waals surface area contributed by atoms with Gasteiger partial charge in [-0.3, -0.25) is 4.98 Å². The fraction of sp³-hybridized carbons (Fsp3) is 0.300. The first-order chi connectivity index (χ1) is 12.3. The van der Waals surface area contributed by atoms with E-state index in [0.717, 1.165) is 28.8 Å². The molecule has 130 valence electrons. The van der Waals surface area contributed by atoms with E-state index >= 15 is 0 Å². The Balaban J connectivity index is 1.71. The Morgan fingerprint density at radius 2 is 1.88 bits per heavy atom. The van der Waals surface area contributed by atoms with Crippen molar-refractivity contribution >= 4 is 0 Å². The second-order valence-corrected chi connectivity index (χ2v) is 5.86. The molecule has 0 radical (unpaired) electrons. The molecule has 1 aromatic carbocycles. The third kappa shape index (κ3) is 4.32. The maximum Gasteiger partial charge on any atom is 0.146 e. The standard InChI is InChI=1S/C20H23N3O2/c1-3-20(23-11-10-21-14-23)19-9-8-18(12-22-19)17-6-4-16(5-7-17)13-25-15-24-2/h4-12,14,20H,3,13,15H2,1-2H3. The number of hydrogen-bond acceptors (Lipinski definition) is 4. The summed E-state index contributed by atoms with van der Waals surface area (Å²) in [6.45, 7) is 3.02. The fourth-order valence-corrected chi connectivity index (χ4v) is 2.84. The van der Waals surface area contributed by atoms with E-state index in [4.69, 9.17) is 9.47 Å². The van der Waals surface area contributed by atoms with Crippen LogP contribution in [0.25, 0.3) is 11.1 Å². The molecule has 0 N–H and O–H groups in total. The predicted octanol–water partition coefficient (Wildman–Crippen LogP) is 4.07. The monoisotopic (exact) mass is 337 g/mol. The van der Waals surface area contributed by atoms with Crippen LogP contribution in [0.5, 0.6) is 0 Å². The molecular weight excluding hydrogens is 314 g/mol. The average Bonchev–Trinajstić information content (AvgIpc) is 3.18. The Morgan fingerprint density at radius 3 is 2.48 bits per heavy atom. The lowest BCUT2D eigenvalue weighted by molar-refractivity contribution is -0.0390. The first-order valence-corrected chi connectivity index (χ1v) is 8.41. The summed E-state index contributed by atoms with van der Waals surface area (Å²) in [4.78, 5) is 8.81. The molecular formula is C20H23N3O2. The minimum absolute atomic E-state index is 0.219. The molecule has 5 nitrogen and oxygen atoms in total. The zero-order chi connectivity index (χ0) is 17.5. The van der Waals surface area contributed by atoms with E-state index in [9.17, 15) is 0 Å². The largest absolute Gasteiger partial charge is 0.359 e. The Hall–Kier alpha value is -2.50. The maximum atomic E-state index is 5.36. The Bertz CT molecular complexity index is 753. The molecule has 0 amide bonds. The second-order valence-electron chi connectivity index (χ2n) is 5.86. The molecule has 25 heavy (non-hydrogen) atoms. The van der Waals surface area contributed by atoms with E-state index in [2.05, 4.69) is 57.9 Å². The van der Waals surface area contributed by atoms with Crippen molar-refractivity contribution in [2.45, 2.75) is 26.0 Å². The molecule has 1 unspecified atom stereocenters. The molecule has 0 saturated carbocycles. The number of benzene rings is 1. The number of nitrogens with zero attached hydrogens (tertiary/aromatic N) is 3. The summed E-state index contributed by atoms with van der Waals surface area (Å²) in [5, 5.41) is 0. The first kappa shape index (κ1) is 17.3. The van der Waals surface area contributed by atoms with Gasteiger partial charge in [0.25, 0.3) is 0 Å². The van der Waals surface area contributed by atoms with Gasteiger partial charge in [0.05, 0.1) is 24.7 Å². The van der Waals surface area contributed by atoms with Gasteiger partial charge in [-0.1, -0.05) is 37.3 Å². The quantitative estimate of drug-likeness (QED) is 0.459. The van der Waals surface area contributed by atoms with Gasteiger partial charge in [0.15, 0.2) is 0 Å². The van der Waals surface area contributed by atoms with Crippen LogP contribution in [0.2, 0.25) is 0 Å². The second kappa shape index (κ2) is 8.55. The summed E-state index contributed by atoms with van der Waals surface area (Å²) in [6.07, 6.45) is 8.53. The molecule has 0 aliphatic carbocycles. The van der Waals surface area contributed by atoms with E-state index in [0.29, 0.717) is 13.4 Å². The van der Waals surface area contributed by atoms with Crippen LogP contribution < -0.4 is 0 Å². The number of rotatable bonds is 8. The molecule has 2 heterocycles. The molecule has 0 bridgehead atoms. The molecule has 0 aliphatic heterocycles. The van der Waals surface area contributed by atoms with E-state index in [1.807, 2.05) is 18.7 Å². The third-order valence-corrected chi connectivity index (χ3v) is 4.16. The van der Waals surface area contributed by atoms with Crippen LogP contribution in [0.1, 0.15) is 30.6 Å². The summed E-state index contributed by atoms with van der Waals surface area (Å²) in [5.74, 6) is 0. The number of imidazole rings is 1. The number of aromatic nitrogens is 3. The van der Waals surface area contributed by atoms with Crippen LogP contribution in [0, 0.1) is 0 Å². The highest BCUT2D eigenvalue weighted by molar-refractivity contribution is 5.62. The number of hydrogen-bond donors (Lipinski definition) is 0. The maximum absolute atomic E-state index is 5.36. The first-order valence-electron chi connectivity index (χ1n) is 8.41. The van der Waals surface area contributed by atoms with Crippen LogP contribution in [0.3, 0.4) is 0 Å². The van der Waals surface area contributed by atoms with Crippen LogP contribution >= 0.6 is 0 Å². The Kier molecular flexibility index (Phi) is 5.93. The average molecular weight is 337 g/mol. The highest BCUT2D eigenvalue weighted by Gasteiger charge is 2.12. The topological polar surface area (TPSA) is 49.2 Å². The fourth-order valence-electron chi connectivity index (χ4n) is 2.84. The lowest BCUT2D eigenvalue weighted by Gasteiger charge is -2.16. The molecule has 0 spiro atoms. The zero-order valence-electron chi connectivity index (χ0n) is 14.6. The minimum atomic E-state index is 0.219. The highest BCUT2D eigenvalue weighted by Crippen LogP contribution is 2.24. The van der Waals surface area contributed by atoms with Gasteiger partial charge < -0.3 is 14.0 Å². The van der Waals surface area contributed by atoms with Crippen molar-refractivity contribution in [3.8, 4) is 11.1 Å². The van der Waals surface area contributed by atoms with Crippen molar-refractivity contribution in [1.82, 2.24) is 14.5 Å². The lowest BCUT2D eigenvalue weighted by atomic mass is 10.0. The minimum Gasteiger partial charge on any atom is -0.359 e. The molecule has 0 saturated heterocycles. The van der Waals surface area contributed by atoms with Gasteiger partial charge in [0.1, 0.15) is 6.79 Å². The van der Waals surface area contributed by atoms with Crippen LogP contribution in [0.15, 0.2) is 61.3 Å². The van der Waals surface area contributed by atoms with E-state index in [-0.39, 0.29) is 6.04 Å². The normalized spacial score (nSPS) is 12.2. The summed E-state index contributed by atoms with van der Waals surface area (Å²) in [5.41, 5.74) is 4.42. The van der Waals surface area contributed by atoms with Crippen LogP contribution in [-0.4, -0.2) is 28.4 Å². The molecule has 3 rings (SSSR count). The summed E-state index contributed by atoms with van der Waals surface area (Å²) >= 11 is 0.